The fourth-order valence-corrected chi connectivity index (χ4v) is 5.24. The van der Waals surface area contributed by atoms with Crippen LogP contribution in [0.15, 0.2) is 0 Å². The standard InChI is InChI=1S/C17H30N2O6S/c1-13-4-6-14(7-5-13)18-26(23,24)10-15(20)19-9-3-8-17(11-19,12-25-2)16(21)22/h13-14,18H,3-12H2,1-2H3,(H,21,22). The number of aliphatic carboxylic acids is 1. The Bertz CT molecular complexity index is 611. The second-order valence-corrected chi connectivity index (χ2v) is 9.52. The molecule has 0 spiro atoms. The first-order valence-corrected chi connectivity index (χ1v) is 10.8. The minimum Gasteiger partial charge on any atom is -0.481 e. The minimum absolute atomic E-state index is 0.00261. The van der Waals surface area contributed by atoms with Crippen molar-refractivity contribution in [1.29, 1.82) is 0 Å². The molecule has 150 valence electrons. The summed E-state index contributed by atoms with van der Waals surface area (Å²) in [6, 6.07) is -0.114. The molecule has 2 aliphatic rings. The molecule has 9 heteroatoms. The highest BCUT2D eigenvalue weighted by Crippen LogP contribution is 2.31. The Balaban J connectivity index is 1.96. The van der Waals surface area contributed by atoms with Gasteiger partial charge in [-0.05, 0) is 44.4 Å². The first kappa shape index (κ1) is 21.1. The van der Waals surface area contributed by atoms with Crippen molar-refractivity contribution in [3.63, 3.8) is 0 Å². The number of nitrogens with zero attached hydrogens (tertiary/aromatic N) is 1. The van der Waals surface area contributed by atoms with Crippen LogP contribution in [0.25, 0.3) is 0 Å². The van der Waals surface area contributed by atoms with Gasteiger partial charge in [0.25, 0.3) is 0 Å². The number of carboxylic acid groups (broad SMARTS) is 1. The Kier molecular flexibility index (Phi) is 7.04. The maximum Gasteiger partial charge on any atom is 0.313 e. The van der Waals surface area contributed by atoms with Gasteiger partial charge < -0.3 is 14.7 Å². The molecule has 1 heterocycles. The second kappa shape index (κ2) is 8.67. The number of piperidine rings is 1. The minimum atomic E-state index is -3.74. The van der Waals surface area contributed by atoms with E-state index in [0.717, 1.165) is 25.7 Å². The van der Waals surface area contributed by atoms with Gasteiger partial charge in [-0.25, -0.2) is 13.1 Å². The molecule has 0 aromatic carbocycles. The molecule has 8 nitrogen and oxygen atoms in total. The number of carboxylic acids is 1. The Morgan fingerprint density at radius 2 is 1.92 bits per heavy atom. The zero-order valence-electron chi connectivity index (χ0n) is 15.6. The molecular formula is C17H30N2O6S. The Labute approximate surface area is 155 Å². The van der Waals surface area contributed by atoms with Crippen LogP contribution in [0.3, 0.4) is 0 Å². The lowest BCUT2D eigenvalue weighted by atomic mass is 9.80. The summed E-state index contributed by atoms with van der Waals surface area (Å²) in [6.45, 7) is 2.50. The number of sulfonamides is 1. The average Bonchev–Trinajstić information content (AvgIpc) is 2.56. The number of methoxy groups -OCH3 is 1. The molecule has 0 aromatic heterocycles. The van der Waals surface area contributed by atoms with Crippen LogP contribution in [0.5, 0.6) is 0 Å². The fraction of sp³-hybridized carbons (Fsp3) is 0.882. The van der Waals surface area contributed by atoms with Crippen molar-refractivity contribution >= 4 is 21.9 Å². The highest BCUT2D eigenvalue weighted by molar-refractivity contribution is 7.90. The topological polar surface area (TPSA) is 113 Å². The number of nitrogens with one attached hydrogen (secondary N) is 1. The largest absolute Gasteiger partial charge is 0.481 e. The van der Waals surface area contributed by atoms with Crippen LogP contribution in [0.1, 0.15) is 45.4 Å². The van der Waals surface area contributed by atoms with E-state index >= 15 is 0 Å². The highest BCUT2D eigenvalue weighted by Gasteiger charge is 2.44. The predicted molar refractivity (Wildman–Crippen MR) is 96.1 cm³/mol. The first-order chi connectivity index (χ1) is 12.2. The molecule has 2 rings (SSSR count). The van der Waals surface area contributed by atoms with Crippen LogP contribution >= 0.6 is 0 Å². The van der Waals surface area contributed by atoms with E-state index in [2.05, 4.69) is 11.6 Å². The number of carbonyl (C=O) groups excluding carboxylic acids is 1. The van der Waals surface area contributed by atoms with Crippen molar-refractivity contribution in [2.45, 2.75) is 51.5 Å². The average molecular weight is 391 g/mol. The second-order valence-electron chi connectivity index (χ2n) is 7.77. The van der Waals surface area contributed by atoms with Crippen LogP contribution in [-0.4, -0.2) is 68.9 Å². The van der Waals surface area contributed by atoms with Gasteiger partial charge in [-0.2, -0.15) is 0 Å². The molecule has 2 N–H and O–H groups in total. The van der Waals surface area contributed by atoms with Gasteiger partial charge in [0.2, 0.25) is 15.9 Å². The zero-order valence-corrected chi connectivity index (χ0v) is 16.4. The van der Waals surface area contributed by atoms with Crippen LogP contribution in [0.4, 0.5) is 0 Å². The summed E-state index contributed by atoms with van der Waals surface area (Å²) in [6.07, 6.45) is 4.44. The summed E-state index contributed by atoms with van der Waals surface area (Å²) >= 11 is 0. The quantitative estimate of drug-likeness (QED) is 0.666. The normalized spacial score (nSPS) is 30.2. The summed E-state index contributed by atoms with van der Waals surface area (Å²) < 4.78 is 32.4. The summed E-state index contributed by atoms with van der Waals surface area (Å²) in [5, 5.41) is 9.54. The molecule has 0 aromatic rings. The molecule has 1 saturated carbocycles. The number of rotatable bonds is 7. The van der Waals surface area contributed by atoms with Crippen LogP contribution in [0, 0.1) is 11.3 Å². The van der Waals surface area contributed by atoms with Crippen molar-refractivity contribution in [3.05, 3.63) is 0 Å². The number of hydrogen-bond donors (Lipinski definition) is 2. The Hall–Kier alpha value is -1.19. The third-order valence-electron chi connectivity index (χ3n) is 5.48. The van der Waals surface area contributed by atoms with E-state index in [1.807, 2.05) is 0 Å². The molecule has 1 amide bonds. The van der Waals surface area contributed by atoms with Gasteiger partial charge in [0.15, 0.2) is 0 Å². The summed E-state index contributed by atoms with van der Waals surface area (Å²) in [4.78, 5) is 25.5. The highest BCUT2D eigenvalue weighted by atomic mass is 32.2. The molecule has 26 heavy (non-hydrogen) atoms. The lowest BCUT2D eigenvalue weighted by molar-refractivity contribution is -0.158. The van der Waals surface area contributed by atoms with Gasteiger partial charge in [-0.15, -0.1) is 0 Å². The third kappa shape index (κ3) is 5.40. The molecule has 1 saturated heterocycles. The van der Waals surface area contributed by atoms with Gasteiger partial charge in [0.05, 0.1) is 6.61 Å². The predicted octanol–water partition coefficient (Wildman–Crippen LogP) is 0.824. The maximum atomic E-state index is 12.5. The smallest absolute Gasteiger partial charge is 0.313 e. The molecule has 1 unspecified atom stereocenters. The number of likely N-dealkylation sites (tertiary alicyclic amines) is 1. The van der Waals surface area contributed by atoms with E-state index < -0.39 is 33.1 Å². The number of ether oxygens (including phenoxy) is 1. The summed E-state index contributed by atoms with van der Waals surface area (Å²) in [5.41, 5.74) is -1.17. The van der Waals surface area contributed by atoms with Crippen LogP contribution < -0.4 is 4.72 Å². The molecule has 1 aliphatic carbocycles. The van der Waals surface area contributed by atoms with E-state index in [4.69, 9.17) is 4.74 Å². The van der Waals surface area contributed by atoms with Crippen LogP contribution in [-0.2, 0) is 24.3 Å². The van der Waals surface area contributed by atoms with E-state index in [1.54, 1.807) is 0 Å². The molecule has 0 bridgehead atoms. The third-order valence-corrected chi connectivity index (χ3v) is 6.80. The number of carbonyl (C=O) groups is 2. The van der Waals surface area contributed by atoms with Gasteiger partial charge in [0.1, 0.15) is 11.2 Å². The Morgan fingerprint density at radius 3 is 2.50 bits per heavy atom. The molecular weight excluding hydrogens is 360 g/mol. The Morgan fingerprint density at radius 1 is 1.27 bits per heavy atom. The van der Waals surface area contributed by atoms with Crippen molar-refractivity contribution < 1.29 is 27.9 Å². The monoisotopic (exact) mass is 390 g/mol. The zero-order chi connectivity index (χ0) is 19.4. The van der Waals surface area contributed by atoms with Crippen molar-refractivity contribution in [2.24, 2.45) is 11.3 Å². The van der Waals surface area contributed by atoms with Gasteiger partial charge in [-0.1, -0.05) is 6.92 Å². The summed E-state index contributed by atoms with van der Waals surface area (Å²) in [7, 11) is -2.32. The van der Waals surface area contributed by atoms with E-state index in [0.29, 0.717) is 25.3 Å². The van der Waals surface area contributed by atoms with Gasteiger partial charge >= 0.3 is 5.97 Å². The number of hydrogen-bond acceptors (Lipinski definition) is 5. The van der Waals surface area contributed by atoms with E-state index in [9.17, 15) is 23.1 Å². The van der Waals surface area contributed by atoms with Gasteiger partial charge in [-0.3, -0.25) is 9.59 Å². The van der Waals surface area contributed by atoms with Gasteiger partial charge in [0, 0.05) is 26.2 Å². The fourth-order valence-electron chi connectivity index (χ4n) is 3.90. The summed E-state index contributed by atoms with van der Waals surface area (Å²) in [5.74, 6) is -1.60. The maximum absolute atomic E-state index is 12.5. The molecule has 1 atom stereocenters. The van der Waals surface area contributed by atoms with Crippen molar-refractivity contribution in [1.82, 2.24) is 9.62 Å². The molecule has 1 aliphatic heterocycles. The van der Waals surface area contributed by atoms with E-state index in [1.165, 1.54) is 12.0 Å². The lowest BCUT2D eigenvalue weighted by Crippen LogP contribution is -2.53. The van der Waals surface area contributed by atoms with E-state index in [-0.39, 0.29) is 19.2 Å². The first-order valence-electron chi connectivity index (χ1n) is 9.17. The van der Waals surface area contributed by atoms with Crippen molar-refractivity contribution in [3.8, 4) is 0 Å². The van der Waals surface area contributed by atoms with Crippen LogP contribution in [0.2, 0.25) is 0 Å². The molecule has 2 fully saturated rings. The lowest BCUT2D eigenvalue weighted by Gasteiger charge is -2.39. The SMILES string of the molecule is COCC1(C(=O)O)CCCN(C(=O)CS(=O)(=O)NC2CCC(C)CC2)C1. The molecule has 0 radical (unpaired) electrons. The van der Waals surface area contributed by atoms with Crippen molar-refractivity contribution in [2.75, 3.05) is 32.6 Å². The number of amides is 1.